The Labute approximate surface area is 97.2 Å². The van der Waals surface area contributed by atoms with E-state index in [1.807, 2.05) is 11.8 Å². The van der Waals surface area contributed by atoms with Crippen LogP contribution in [0.25, 0.3) is 0 Å². The van der Waals surface area contributed by atoms with Crippen molar-refractivity contribution in [1.29, 1.82) is 0 Å². The van der Waals surface area contributed by atoms with E-state index in [1.165, 1.54) is 0 Å². The van der Waals surface area contributed by atoms with E-state index in [0.717, 1.165) is 32.2 Å². The second kappa shape index (κ2) is 5.87. The maximum absolute atomic E-state index is 11.4. The van der Waals surface area contributed by atoms with E-state index in [1.54, 1.807) is 6.92 Å². The maximum Gasteiger partial charge on any atom is 0.219 e. The lowest BCUT2D eigenvalue weighted by Crippen LogP contribution is -2.41. The summed E-state index contributed by atoms with van der Waals surface area (Å²) in [5.74, 6) is 0.377. The number of nitrogens with two attached hydrogens (primary N) is 1. The fourth-order valence-electron chi connectivity index (χ4n) is 2.68. The van der Waals surface area contributed by atoms with Crippen molar-refractivity contribution in [3.05, 3.63) is 0 Å². The summed E-state index contributed by atoms with van der Waals surface area (Å²) in [7, 11) is 0. The van der Waals surface area contributed by atoms with Gasteiger partial charge in [0.15, 0.2) is 0 Å². The molecule has 1 saturated carbocycles. The molecule has 2 N–H and O–H groups in total. The van der Waals surface area contributed by atoms with Crippen LogP contribution in [0.3, 0.4) is 0 Å². The van der Waals surface area contributed by atoms with E-state index < -0.39 is 0 Å². The van der Waals surface area contributed by atoms with Gasteiger partial charge in [-0.2, -0.15) is 0 Å². The third-order valence-electron chi connectivity index (χ3n) is 3.49. The molecular formula is C12H22N2O2. The molecule has 16 heavy (non-hydrogen) atoms. The molecule has 0 bridgehead atoms. The highest BCUT2D eigenvalue weighted by Gasteiger charge is 2.26. The van der Waals surface area contributed by atoms with Gasteiger partial charge in [0, 0.05) is 25.9 Å². The Bertz CT molecular complexity index is 258. The molecule has 0 radical (unpaired) electrons. The summed E-state index contributed by atoms with van der Waals surface area (Å²) in [4.78, 5) is 24.1. The molecule has 0 unspecified atom stereocenters. The van der Waals surface area contributed by atoms with Gasteiger partial charge in [0.05, 0.1) is 0 Å². The molecule has 0 saturated heterocycles. The number of nitrogens with zero attached hydrogens (tertiary/aromatic N) is 1. The van der Waals surface area contributed by atoms with Gasteiger partial charge in [-0.05, 0) is 38.5 Å². The summed E-state index contributed by atoms with van der Waals surface area (Å²) in [5, 5.41) is 0. The molecule has 1 aliphatic rings. The lowest BCUT2D eigenvalue weighted by molar-refractivity contribution is -0.132. The summed E-state index contributed by atoms with van der Waals surface area (Å²) in [6.45, 7) is 4.41. The predicted molar refractivity (Wildman–Crippen MR) is 62.6 cm³/mol. The summed E-state index contributed by atoms with van der Waals surface area (Å²) in [6, 6.07) is 0.367. The van der Waals surface area contributed by atoms with Crippen molar-refractivity contribution < 1.29 is 9.59 Å². The van der Waals surface area contributed by atoms with Crippen LogP contribution >= 0.6 is 0 Å². The lowest BCUT2D eigenvalue weighted by atomic mass is 9.83. The van der Waals surface area contributed by atoms with Crippen molar-refractivity contribution in [2.75, 3.05) is 6.54 Å². The molecule has 1 rings (SSSR count). The molecule has 0 aliphatic heterocycles. The first-order valence-electron chi connectivity index (χ1n) is 6.10. The average molecular weight is 226 g/mol. The molecular weight excluding hydrogens is 204 g/mol. The molecule has 0 atom stereocenters. The Morgan fingerprint density at radius 1 is 1.25 bits per heavy atom. The Morgan fingerprint density at radius 3 is 2.19 bits per heavy atom. The quantitative estimate of drug-likeness (QED) is 0.785. The number of hydrogen-bond acceptors (Lipinski definition) is 2. The van der Waals surface area contributed by atoms with Crippen LogP contribution in [0.4, 0.5) is 0 Å². The Kier molecular flexibility index (Phi) is 4.77. The number of hydrogen-bond donors (Lipinski definition) is 1. The Hall–Kier alpha value is -1.06. The van der Waals surface area contributed by atoms with Crippen LogP contribution in [0.15, 0.2) is 0 Å². The van der Waals surface area contributed by atoms with Crippen LogP contribution < -0.4 is 5.73 Å². The highest BCUT2D eigenvalue weighted by Crippen LogP contribution is 2.29. The van der Waals surface area contributed by atoms with Gasteiger partial charge in [-0.25, -0.2) is 0 Å². The minimum atomic E-state index is -0.206. The van der Waals surface area contributed by atoms with E-state index >= 15 is 0 Å². The van der Waals surface area contributed by atoms with E-state index in [9.17, 15) is 9.59 Å². The number of carbonyl (C=O) groups excluding carboxylic acids is 2. The van der Waals surface area contributed by atoms with Crippen LogP contribution in [-0.4, -0.2) is 29.3 Å². The summed E-state index contributed by atoms with van der Waals surface area (Å²) < 4.78 is 0. The zero-order valence-electron chi connectivity index (χ0n) is 10.2. The maximum atomic E-state index is 11.4. The molecule has 0 heterocycles. The third kappa shape index (κ3) is 3.51. The van der Waals surface area contributed by atoms with Crippen LogP contribution in [0.5, 0.6) is 0 Å². The molecule has 0 spiro atoms. The van der Waals surface area contributed by atoms with E-state index in [2.05, 4.69) is 0 Å². The second-order valence-corrected chi connectivity index (χ2v) is 4.65. The van der Waals surface area contributed by atoms with Crippen LogP contribution in [0.1, 0.15) is 46.0 Å². The summed E-state index contributed by atoms with van der Waals surface area (Å²) in [6.07, 6.45) is 4.53. The van der Waals surface area contributed by atoms with Crippen molar-refractivity contribution in [3.63, 3.8) is 0 Å². The second-order valence-electron chi connectivity index (χ2n) is 4.65. The van der Waals surface area contributed by atoms with Crippen LogP contribution in [-0.2, 0) is 9.59 Å². The fraction of sp³-hybridized carbons (Fsp3) is 0.833. The first-order valence-corrected chi connectivity index (χ1v) is 6.10. The summed E-state index contributed by atoms with van der Waals surface area (Å²) in [5.41, 5.74) is 5.19. The van der Waals surface area contributed by atoms with Gasteiger partial charge in [0.2, 0.25) is 11.8 Å². The zero-order chi connectivity index (χ0) is 12.1. The summed E-state index contributed by atoms with van der Waals surface area (Å²) >= 11 is 0. The molecule has 0 aromatic rings. The Balaban J connectivity index is 2.41. The van der Waals surface area contributed by atoms with E-state index in [4.69, 9.17) is 5.73 Å². The highest BCUT2D eigenvalue weighted by atomic mass is 16.2. The average Bonchev–Trinajstić information content (AvgIpc) is 2.20. The SMILES string of the molecule is CCN(C(C)=O)C1CCC(CC(N)=O)CC1. The molecule has 92 valence electrons. The lowest BCUT2D eigenvalue weighted by Gasteiger charge is -2.35. The molecule has 2 amide bonds. The van der Waals surface area contributed by atoms with Gasteiger partial charge in [-0.15, -0.1) is 0 Å². The largest absolute Gasteiger partial charge is 0.370 e. The Morgan fingerprint density at radius 2 is 1.81 bits per heavy atom. The molecule has 4 heteroatoms. The van der Waals surface area contributed by atoms with Crippen LogP contribution in [0, 0.1) is 5.92 Å². The predicted octanol–water partition coefficient (Wildman–Crippen LogP) is 1.29. The minimum absolute atomic E-state index is 0.154. The van der Waals surface area contributed by atoms with E-state index in [-0.39, 0.29) is 11.8 Å². The van der Waals surface area contributed by atoms with Crippen molar-refractivity contribution in [2.45, 2.75) is 52.0 Å². The molecule has 0 aromatic heterocycles. The number of rotatable bonds is 4. The number of amides is 2. The first-order chi connectivity index (χ1) is 7.54. The topological polar surface area (TPSA) is 63.4 Å². The van der Waals surface area contributed by atoms with Crippen molar-refractivity contribution >= 4 is 11.8 Å². The molecule has 1 aliphatic carbocycles. The zero-order valence-corrected chi connectivity index (χ0v) is 10.2. The van der Waals surface area contributed by atoms with Gasteiger partial charge in [-0.3, -0.25) is 9.59 Å². The van der Waals surface area contributed by atoms with Gasteiger partial charge in [-0.1, -0.05) is 0 Å². The van der Waals surface area contributed by atoms with E-state index in [0.29, 0.717) is 18.4 Å². The van der Waals surface area contributed by atoms with Crippen LogP contribution in [0.2, 0.25) is 0 Å². The molecule has 0 aromatic carbocycles. The minimum Gasteiger partial charge on any atom is -0.370 e. The number of carbonyl (C=O) groups is 2. The van der Waals surface area contributed by atoms with Gasteiger partial charge < -0.3 is 10.6 Å². The smallest absolute Gasteiger partial charge is 0.219 e. The normalized spacial score (nSPS) is 25.1. The monoisotopic (exact) mass is 226 g/mol. The standard InChI is InChI=1S/C12H22N2O2/c1-3-14(9(2)15)11-6-4-10(5-7-11)8-12(13)16/h10-11H,3-8H2,1-2H3,(H2,13,16). The molecule has 4 nitrogen and oxygen atoms in total. The van der Waals surface area contributed by atoms with Gasteiger partial charge >= 0.3 is 0 Å². The fourth-order valence-corrected chi connectivity index (χ4v) is 2.68. The molecule has 1 fully saturated rings. The van der Waals surface area contributed by atoms with Gasteiger partial charge in [0.1, 0.15) is 0 Å². The number of primary amides is 1. The van der Waals surface area contributed by atoms with Crippen molar-refractivity contribution in [2.24, 2.45) is 11.7 Å². The van der Waals surface area contributed by atoms with Crippen molar-refractivity contribution in [3.8, 4) is 0 Å². The van der Waals surface area contributed by atoms with Gasteiger partial charge in [0.25, 0.3) is 0 Å². The third-order valence-corrected chi connectivity index (χ3v) is 3.49. The first kappa shape index (κ1) is 13.0. The van der Waals surface area contributed by atoms with Crippen molar-refractivity contribution in [1.82, 2.24) is 4.90 Å². The highest BCUT2D eigenvalue weighted by molar-refractivity contribution is 5.74.